The Labute approximate surface area is 138 Å². The van der Waals surface area contributed by atoms with E-state index in [-0.39, 0.29) is 0 Å². The first-order chi connectivity index (χ1) is 11.2. The normalized spacial score (nSPS) is 22.9. The molecule has 2 fully saturated rings. The lowest BCUT2D eigenvalue weighted by Gasteiger charge is -2.33. The van der Waals surface area contributed by atoms with E-state index in [9.17, 15) is 4.79 Å². The number of fused-ring (bicyclic) bond motifs is 1. The third-order valence-corrected chi connectivity index (χ3v) is 5.54. The van der Waals surface area contributed by atoms with Gasteiger partial charge in [0.1, 0.15) is 0 Å². The summed E-state index contributed by atoms with van der Waals surface area (Å²) < 4.78 is 0. The number of carbonyl (C=O) groups is 1. The highest BCUT2D eigenvalue weighted by molar-refractivity contribution is 5.98. The lowest BCUT2D eigenvalue weighted by molar-refractivity contribution is -0.119. The summed E-state index contributed by atoms with van der Waals surface area (Å²) in [6.07, 6.45) is 4.30. The predicted octanol–water partition coefficient (Wildman–Crippen LogP) is 1.82. The Hall–Kier alpha value is -1.39. The Morgan fingerprint density at radius 2 is 2.04 bits per heavy atom. The van der Waals surface area contributed by atoms with E-state index in [1.165, 1.54) is 16.8 Å². The lowest BCUT2D eigenvalue weighted by atomic mass is 10.0. The number of nitrogens with zero attached hydrogens (tertiary/aromatic N) is 2. The molecule has 1 saturated heterocycles. The summed E-state index contributed by atoms with van der Waals surface area (Å²) in [6.45, 7) is 7.72. The van der Waals surface area contributed by atoms with E-state index < -0.39 is 0 Å². The molecule has 1 aromatic carbocycles. The van der Waals surface area contributed by atoms with Gasteiger partial charge >= 0.3 is 0 Å². The summed E-state index contributed by atoms with van der Waals surface area (Å²) in [4.78, 5) is 17.0. The van der Waals surface area contributed by atoms with Gasteiger partial charge in [-0.25, -0.2) is 0 Å². The Morgan fingerprint density at radius 1 is 1.26 bits per heavy atom. The Morgan fingerprint density at radius 3 is 2.78 bits per heavy atom. The molecule has 1 unspecified atom stereocenters. The summed E-state index contributed by atoms with van der Waals surface area (Å²) in [7, 11) is 0. The molecule has 4 heteroatoms. The maximum Gasteiger partial charge on any atom is 0.230 e. The van der Waals surface area contributed by atoms with Gasteiger partial charge in [-0.15, -0.1) is 0 Å². The summed E-state index contributed by atoms with van der Waals surface area (Å²) in [5.74, 6) is 0.666. The van der Waals surface area contributed by atoms with Crippen LogP contribution >= 0.6 is 0 Å². The second kappa shape index (κ2) is 6.25. The molecular formula is C19H27N3O. The molecule has 0 spiro atoms. The van der Waals surface area contributed by atoms with Crippen LogP contribution in [0.1, 0.15) is 30.9 Å². The minimum absolute atomic E-state index is 0.313. The SMILES string of the molecule is CC(Cc1ccc2c(c1)CCN2C(=O)C1CC1)N1CCNCC1. The van der Waals surface area contributed by atoms with Crippen LogP contribution in [0.25, 0.3) is 0 Å². The highest BCUT2D eigenvalue weighted by Crippen LogP contribution is 2.36. The third kappa shape index (κ3) is 3.15. The van der Waals surface area contributed by atoms with Crippen molar-refractivity contribution >= 4 is 11.6 Å². The van der Waals surface area contributed by atoms with Crippen LogP contribution in [0.4, 0.5) is 5.69 Å². The number of hydrogen-bond acceptors (Lipinski definition) is 3. The van der Waals surface area contributed by atoms with Crippen LogP contribution in [0.2, 0.25) is 0 Å². The Balaban J connectivity index is 1.44. The van der Waals surface area contributed by atoms with Gasteiger partial charge in [0.05, 0.1) is 0 Å². The molecule has 23 heavy (non-hydrogen) atoms. The van der Waals surface area contributed by atoms with Crippen LogP contribution in [-0.4, -0.2) is 49.6 Å². The van der Waals surface area contributed by atoms with Gasteiger partial charge in [0.2, 0.25) is 5.91 Å². The number of benzene rings is 1. The van der Waals surface area contributed by atoms with Crippen LogP contribution < -0.4 is 10.2 Å². The average Bonchev–Trinajstić information content (AvgIpc) is 3.35. The zero-order valence-corrected chi connectivity index (χ0v) is 14.1. The van der Waals surface area contributed by atoms with Crippen molar-refractivity contribution in [2.75, 3.05) is 37.6 Å². The summed E-state index contributed by atoms with van der Waals surface area (Å²) >= 11 is 0. The van der Waals surface area contributed by atoms with E-state index in [1.807, 2.05) is 4.90 Å². The molecule has 0 aromatic heterocycles. The van der Waals surface area contributed by atoms with Crippen LogP contribution in [-0.2, 0) is 17.6 Å². The van der Waals surface area contributed by atoms with Crippen molar-refractivity contribution in [3.63, 3.8) is 0 Å². The first kappa shape index (κ1) is 15.2. The fraction of sp³-hybridized carbons (Fsp3) is 0.632. The van der Waals surface area contributed by atoms with Gasteiger partial charge in [-0.3, -0.25) is 9.69 Å². The summed E-state index contributed by atoms with van der Waals surface area (Å²) in [6, 6.07) is 7.34. The molecule has 1 amide bonds. The molecule has 0 radical (unpaired) electrons. The van der Waals surface area contributed by atoms with Crippen molar-refractivity contribution in [2.24, 2.45) is 5.92 Å². The second-order valence-electron chi connectivity index (χ2n) is 7.32. The number of rotatable bonds is 4. The van der Waals surface area contributed by atoms with Gasteiger partial charge in [0.25, 0.3) is 0 Å². The molecular weight excluding hydrogens is 286 g/mol. The van der Waals surface area contributed by atoms with Gasteiger partial charge in [0, 0.05) is 50.4 Å². The summed E-state index contributed by atoms with van der Waals surface area (Å²) in [5.41, 5.74) is 3.94. The van der Waals surface area contributed by atoms with Crippen molar-refractivity contribution in [3.8, 4) is 0 Å². The highest BCUT2D eigenvalue weighted by Gasteiger charge is 2.36. The van der Waals surface area contributed by atoms with E-state index in [0.717, 1.165) is 58.4 Å². The number of carbonyl (C=O) groups excluding carboxylic acids is 1. The molecule has 1 saturated carbocycles. The lowest BCUT2D eigenvalue weighted by Crippen LogP contribution is -2.48. The van der Waals surface area contributed by atoms with Crippen LogP contribution in [0.5, 0.6) is 0 Å². The van der Waals surface area contributed by atoms with Gasteiger partial charge in [-0.2, -0.15) is 0 Å². The molecule has 124 valence electrons. The molecule has 4 nitrogen and oxygen atoms in total. The van der Waals surface area contributed by atoms with E-state index in [2.05, 4.69) is 35.3 Å². The van der Waals surface area contributed by atoms with E-state index >= 15 is 0 Å². The number of amides is 1. The molecule has 2 heterocycles. The molecule has 1 aliphatic carbocycles. The fourth-order valence-electron chi connectivity index (χ4n) is 3.95. The smallest absolute Gasteiger partial charge is 0.230 e. The maximum absolute atomic E-state index is 12.4. The number of anilines is 1. The third-order valence-electron chi connectivity index (χ3n) is 5.54. The monoisotopic (exact) mass is 313 g/mol. The number of piperazine rings is 1. The van der Waals surface area contributed by atoms with E-state index in [1.54, 1.807) is 0 Å². The minimum atomic E-state index is 0.313. The molecule has 2 aliphatic heterocycles. The van der Waals surface area contributed by atoms with Crippen LogP contribution in [0.15, 0.2) is 18.2 Å². The van der Waals surface area contributed by atoms with Crippen molar-refractivity contribution in [1.29, 1.82) is 0 Å². The van der Waals surface area contributed by atoms with Crippen molar-refractivity contribution in [3.05, 3.63) is 29.3 Å². The number of nitrogens with one attached hydrogen (secondary N) is 1. The quantitative estimate of drug-likeness (QED) is 0.921. The van der Waals surface area contributed by atoms with Crippen LogP contribution in [0, 0.1) is 5.92 Å². The van der Waals surface area contributed by atoms with Crippen molar-refractivity contribution in [2.45, 2.75) is 38.6 Å². The minimum Gasteiger partial charge on any atom is -0.314 e. The molecule has 1 atom stereocenters. The fourth-order valence-corrected chi connectivity index (χ4v) is 3.95. The highest BCUT2D eigenvalue weighted by atomic mass is 16.2. The largest absolute Gasteiger partial charge is 0.314 e. The first-order valence-electron chi connectivity index (χ1n) is 9.10. The second-order valence-corrected chi connectivity index (χ2v) is 7.32. The molecule has 1 aromatic rings. The van der Waals surface area contributed by atoms with E-state index in [4.69, 9.17) is 0 Å². The average molecular weight is 313 g/mol. The zero-order valence-electron chi connectivity index (χ0n) is 14.1. The van der Waals surface area contributed by atoms with Gasteiger partial charge in [-0.05, 0) is 49.8 Å². The van der Waals surface area contributed by atoms with E-state index in [0.29, 0.717) is 17.9 Å². The molecule has 3 aliphatic rings. The van der Waals surface area contributed by atoms with Gasteiger partial charge in [-0.1, -0.05) is 12.1 Å². The van der Waals surface area contributed by atoms with Gasteiger partial charge < -0.3 is 10.2 Å². The van der Waals surface area contributed by atoms with Crippen LogP contribution in [0.3, 0.4) is 0 Å². The summed E-state index contributed by atoms with van der Waals surface area (Å²) in [5, 5.41) is 3.42. The molecule has 4 rings (SSSR count). The molecule has 0 bridgehead atoms. The van der Waals surface area contributed by atoms with Crippen molar-refractivity contribution in [1.82, 2.24) is 10.2 Å². The standard InChI is InChI=1S/C19H27N3O/c1-14(21-10-7-20-8-11-21)12-15-2-5-18-17(13-15)6-9-22(18)19(23)16-3-4-16/h2,5,13-14,16,20H,3-4,6-12H2,1H3. The Kier molecular flexibility index (Phi) is 4.12. The zero-order chi connectivity index (χ0) is 15.8. The maximum atomic E-state index is 12.4. The molecule has 1 N–H and O–H groups in total. The topological polar surface area (TPSA) is 35.6 Å². The first-order valence-corrected chi connectivity index (χ1v) is 9.10. The van der Waals surface area contributed by atoms with Gasteiger partial charge in [0.15, 0.2) is 0 Å². The number of hydrogen-bond donors (Lipinski definition) is 1. The predicted molar refractivity (Wildman–Crippen MR) is 92.8 cm³/mol. The Bertz CT molecular complexity index is 590. The van der Waals surface area contributed by atoms with Crippen molar-refractivity contribution < 1.29 is 4.79 Å².